The molecule has 3 aromatic heterocycles. The van der Waals surface area contributed by atoms with Crippen molar-refractivity contribution in [2.24, 2.45) is 5.92 Å². The van der Waals surface area contributed by atoms with Gasteiger partial charge in [-0.25, -0.2) is 9.97 Å². The molecule has 35 heavy (non-hydrogen) atoms. The number of rotatable bonds is 5. The van der Waals surface area contributed by atoms with Crippen LogP contribution in [0.3, 0.4) is 0 Å². The molecule has 0 spiro atoms. The lowest BCUT2D eigenvalue weighted by Gasteiger charge is -2.18. The van der Waals surface area contributed by atoms with Crippen LogP contribution in [0.25, 0.3) is 33.3 Å². The van der Waals surface area contributed by atoms with Crippen LogP contribution in [0.1, 0.15) is 18.7 Å². The molecule has 1 saturated heterocycles. The summed E-state index contributed by atoms with van der Waals surface area (Å²) in [5.74, 6) is 1.77. The number of carbonyl (C=O) groups is 1. The van der Waals surface area contributed by atoms with Gasteiger partial charge in [0.15, 0.2) is 11.4 Å². The van der Waals surface area contributed by atoms with Crippen LogP contribution in [0.2, 0.25) is 0 Å². The third-order valence-electron chi connectivity index (χ3n) is 6.41. The Morgan fingerprint density at radius 1 is 1.09 bits per heavy atom. The maximum atomic E-state index is 12.8. The molecule has 2 aromatic carbocycles. The molecule has 1 aliphatic heterocycles. The first kappa shape index (κ1) is 21.2. The Labute approximate surface area is 202 Å². The second-order valence-electron chi connectivity index (χ2n) is 8.91. The Kier molecular flexibility index (Phi) is 5.33. The van der Waals surface area contributed by atoms with Crippen molar-refractivity contribution in [1.82, 2.24) is 20.2 Å². The normalized spacial score (nSPS) is 15.7. The largest absolute Gasteiger partial charge is 0.450 e. The second-order valence-corrected chi connectivity index (χ2v) is 8.91. The van der Waals surface area contributed by atoms with Crippen molar-refractivity contribution in [3.8, 4) is 11.3 Å². The number of benzene rings is 2. The number of nitrogens with one attached hydrogen (secondary N) is 1. The van der Waals surface area contributed by atoms with Crippen molar-refractivity contribution >= 4 is 39.5 Å². The maximum absolute atomic E-state index is 12.8. The van der Waals surface area contributed by atoms with E-state index in [1.54, 1.807) is 6.20 Å². The molecule has 0 aliphatic carbocycles. The number of hydrogen-bond acceptors (Lipinski definition) is 7. The highest BCUT2D eigenvalue weighted by molar-refractivity contribution is 6.05. The molecule has 1 N–H and O–H groups in total. The SMILES string of the molecule is Cc1nc(N2CC[C@H](CC(=O)Nc3ccc(-c4cccnn4)cc3)C2)c2oc3ccccc3c2n1. The molecular weight excluding hydrogens is 440 g/mol. The number of fused-ring (bicyclic) bond motifs is 3. The first-order valence-corrected chi connectivity index (χ1v) is 11.7. The van der Waals surface area contributed by atoms with E-state index in [1.807, 2.05) is 67.6 Å². The van der Waals surface area contributed by atoms with Gasteiger partial charge >= 0.3 is 0 Å². The average molecular weight is 465 g/mol. The molecule has 1 amide bonds. The van der Waals surface area contributed by atoms with Crippen LogP contribution in [-0.2, 0) is 4.79 Å². The summed E-state index contributed by atoms with van der Waals surface area (Å²) in [6.45, 7) is 3.48. The Hall–Kier alpha value is -4.33. The Morgan fingerprint density at radius 2 is 1.94 bits per heavy atom. The number of hydrogen-bond donors (Lipinski definition) is 1. The number of amides is 1. The highest BCUT2D eigenvalue weighted by atomic mass is 16.3. The van der Waals surface area contributed by atoms with Crippen molar-refractivity contribution < 1.29 is 9.21 Å². The van der Waals surface area contributed by atoms with Crippen LogP contribution in [-0.4, -0.2) is 39.2 Å². The van der Waals surface area contributed by atoms with Crippen LogP contribution in [0.4, 0.5) is 11.5 Å². The molecule has 0 saturated carbocycles. The van der Waals surface area contributed by atoms with Crippen LogP contribution >= 0.6 is 0 Å². The van der Waals surface area contributed by atoms with Crippen LogP contribution in [0.15, 0.2) is 71.3 Å². The fraction of sp³-hybridized carbons (Fsp3) is 0.222. The minimum atomic E-state index is 0.0110. The lowest BCUT2D eigenvalue weighted by Crippen LogP contribution is -2.23. The number of para-hydroxylation sites is 1. The number of aryl methyl sites for hydroxylation is 1. The topological polar surface area (TPSA) is 97.0 Å². The fourth-order valence-electron chi connectivity index (χ4n) is 4.75. The van der Waals surface area contributed by atoms with Crippen LogP contribution < -0.4 is 10.2 Å². The molecule has 1 aliphatic rings. The van der Waals surface area contributed by atoms with E-state index in [4.69, 9.17) is 9.40 Å². The van der Waals surface area contributed by atoms with Crippen molar-refractivity contribution in [3.05, 3.63) is 72.7 Å². The highest BCUT2D eigenvalue weighted by Crippen LogP contribution is 2.35. The number of aromatic nitrogens is 4. The van der Waals surface area contributed by atoms with Gasteiger partial charge in [0, 0.05) is 42.3 Å². The standard InChI is InChI=1S/C27H24N6O2/c1-17-29-25-21-5-2-3-7-23(21)35-26(25)27(30-17)33-14-12-18(16-33)15-24(34)31-20-10-8-19(9-11-20)22-6-4-13-28-32-22/h2-11,13,18H,12,14-16H2,1H3,(H,31,34)/t18-/m1/s1. The highest BCUT2D eigenvalue weighted by Gasteiger charge is 2.28. The van der Waals surface area contributed by atoms with E-state index >= 15 is 0 Å². The summed E-state index contributed by atoms with van der Waals surface area (Å²) < 4.78 is 6.13. The van der Waals surface area contributed by atoms with E-state index in [-0.39, 0.29) is 11.8 Å². The molecule has 8 heteroatoms. The van der Waals surface area contributed by atoms with Gasteiger partial charge in [-0.3, -0.25) is 4.79 Å². The van der Waals surface area contributed by atoms with Crippen molar-refractivity contribution in [2.45, 2.75) is 19.8 Å². The predicted molar refractivity (Wildman–Crippen MR) is 135 cm³/mol. The summed E-state index contributed by atoms with van der Waals surface area (Å²) in [7, 11) is 0. The summed E-state index contributed by atoms with van der Waals surface area (Å²) in [5.41, 5.74) is 4.89. The molecule has 4 heterocycles. The first-order valence-electron chi connectivity index (χ1n) is 11.7. The minimum absolute atomic E-state index is 0.0110. The summed E-state index contributed by atoms with van der Waals surface area (Å²) in [5, 5.41) is 12.0. The van der Waals surface area contributed by atoms with E-state index in [9.17, 15) is 4.79 Å². The van der Waals surface area contributed by atoms with Crippen molar-refractivity contribution in [2.75, 3.05) is 23.3 Å². The van der Waals surface area contributed by atoms with E-state index in [0.717, 1.165) is 58.8 Å². The number of nitrogens with zero attached hydrogens (tertiary/aromatic N) is 5. The van der Waals surface area contributed by atoms with Gasteiger partial charge in [0.1, 0.15) is 16.9 Å². The summed E-state index contributed by atoms with van der Waals surface area (Å²) in [4.78, 5) is 24.3. The lowest BCUT2D eigenvalue weighted by molar-refractivity contribution is -0.116. The molecule has 174 valence electrons. The first-order chi connectivity index (χ1) is 17.1. The molecule has 1 atom stereocenters. The second kappa shape index (κ2) is 8.79. The minimum Gasteiger partial charge on any atom is -0.450 e. The Balaban J connectivity index is 1.13. The number of anilines is 2. The van der Waals surface area contributed by atoms with E-state index in [0.29, 0.717) is 17.8 Å². The lowest BCUT2D eigenvalue weighted by atomic mass is 10.0. The Morgan fingerprint density at radius 3 is 2.77 bits per heavy atom. The van der Waals surface area contributed by atoms with Crippen molar-refractivity contribution in [1.29, 1.82) is 0 Å². The van der Waals surface area contributed by atoms with Gasteiger partial charge in [0.25, 0.3) is 0 Å². The van der Waals surface area contributed by atoms with Gasteiger partial charge in [-0.15, -0.1) is 0 Å². The van der Waals surface area contributed by atoms with E-state index < -0.39 is 0 Å². The fourth-order valence-corrected chi connectivity index (χ4v) is 4.75. The van der Waals surface area contributed by atoms with Crippen LogP contribution in [0.5, 0.6) is 0 Å². The van der Waals surface area contributed by atoms with Gasteiger partial charge in [0.2, 0.25) is 5.91 Å². The van der Waals surface area contributed by atoms with Gasteiger partial charge in [-0.1, -0.05) is 24.3 Å². The zero-order valence-corrected chi connectivity index (χ0v) is 19.3. The zero-order chi connectivity index (χ0) is 23.8. The number of furan rings is 1. The molecular formula is C27H24N6O2. The molecule has 0 radical (unpaired) electrons. The molecule has 1 fully saturated rings. The summed E-state index contributed by atoms with van der Waals surface area (Å²) in [6.07, 6.45) is 3.02. The molecule has 5 aromatic rings. The monoisotopic (exact) mass is 464 g/mol. The third kappa shape index (κ3) is 4.19. The summed E-state index contributed by atoms with van der Waals surface area (Å²) >= 11 is 0. The maximum Gasteiger partial charge on any atom is 0.224 e. The smallest absolute Gasteiger partial charge is 0.224 e. The predicted octanol–water partition coefficient (Wildman–Crippen LogP) is 5.00. The van der Waals surface area contributed by atoms with Crippen molar-refractivity contribution in [3.63, 3.8) is 0 Å². The third-order valence-corrected chi connectivity index (χ3v) is 6.41. The average Bonchev–Trinajstić information content (AvgIpc) is 3.49. The zero-order valence-electron chi connectivity index (χ0n) is 19.3. The Bertz CT molecular complexity index is 1510. The van der Waals surface area contributed by atoms with Gasteiger partial charge in [-0.2, -0.15) is 10.2 Å². The molecule has 0 unspecified atom stereocenters. The van der Waals surface area contributed by atoms with Gasteiger partial charge in [-0.05, 0) is 55.7 Å². The molecule has 6 rings (SSSR count). The molecule has 0 bridgehead atoms. The van der Waals surface area contributed by atoms with Gasteiger partial charge in [0.05, 0.1) is 5.69 Å². The van der Waals surface area contributed by atoms with E-state index in [2.05, 4.69) is 25.4 Å². The van der Waals surface area contributed by atoms with Crippen LogP contribution in [0, 0.1) is 12.8 Å². The summed E-state index contributed by atoms with van der Waals surface area (Å²) in [6, 6.07) is 19.3. The molecule has 8 nitrogen and oxygen atoms in total. The number of carbonyl (C=O) groups excluding carboxylic acids is 1. The quantitative estimate of drug-likeness (QED) is 0.391. The van der Waals surface area contributed by atoms with E-state index in [1.165, 1.54) is 0 Å². The van der Waals surface area contributed by atoms with Gasteiger partial charge < -0.3 is 14.6 Å².